The van der Waals surface area contributed by atoms with E-state index in [4.69, 9.17) is 0 Å². The van der Waals surface area contributed by atoms with Crippen LogP contribution in [0.1, 0.15) is 62.2 Å². The van der Waals surface area contributed by atoms with Crippen LogP contribution >= 0.6 is 0 Å². The fourth-order valence-electron chi connectivity index (χ4n) is 0.677. The van der Waals surface area contributed by atoms with E-state index in [-0.39, 0.29) is 1.43 Å². The molecule has 0 aromatic rings. The standard InChI is InChI=1S/C7H17N.2C2H6.H2/c1-3-5-6-7-8-4-2;2*1-2;/h8H,3-7H2,1-2H3;2*1-2H3;1H. The Balaban J connectivity index is -0.0000000712. The van der Waals surface area contributed by atoms with Crippen LogP contribution in [0.5, 0.6) is 0 Å². The van der Waals surface area contributed by atoms with Gasteiger partial charge in [0.05, 0.1) is 0 Å². The molecular weight excluding hydrogens is 146 g/mol. The average Bonchev–Trinajstić information content (AvgIpc) is 2.19. The normalized spacial score (nSPS) is 7.50. The van der Waals surface area contributed by atoms with E-state index < -0.39 is 0 Å². The fourth-order valence-corrected chi connectivity index (χ4v) is 0.677. The Morgan fingerprint density at radius 3 is 1.75 bits per heavy atom. The average molecular weight is 177 g/mol. The third-order valence-corrected chi connectivity index (χ3v) is 1.21. The number of hydrogen-bond donors (Lipinski definition) is 1. The molecule has 0 amide bonds. The minimum atomic E-state index is 0. The highest BCUT2D eigenvalue weighted by molar-refractivity contribution is 4.42. The summed E-state index contributed by atoms with van der Waals surface area (Å²) < 4.78 is 0. The fraction of sp³-hybridized carbons (Fsp3) is 1.00. The molecule has 0 saturated heterocycles. The summed E-state index contributed by atoms with van der Waals surface area (Å²) in [4.78, 5) is 0. The zero-order valence-electron chi connectivity index (χ0n) is 10.0. The van der Waals surface area contributed by atoms with Gasteiger partial charge in [0.1, 0.15) is 0 Å². The third kappa shape index (κ3) is 32.5. The summed E-state index contributed by atoms with van der Waals surface area (Å²) in [5.41, 5.74) is 0. The number of rotatable bonds is 5. The lowest BCUT2D eigenvalue weighted by molar-refractivity contribution is 0.633. The van der Waals surface area contributed by atoms with Crippen LogP contribution in [0.4, 0.5) is 0 Å². The van der Waals surface area contributed by atoms with Gasteiger partial charge in [0, 0.05) is 1.43 Å². The van der Waals surface area contributed by atoms with Crippen LogP contribution in [0, 0.1) is 0 Å². The number of nitrogens with one attached hydrogen (secondary N) is 1. The van der Waals surface area contributed by atoms with Crippen LogP contribution in [0.25, 0.3) is 0 Å². The van der Waals surface area contributed by atoms with Crippen molar-refractivity contribution in [3.8, 4) is 0 Å². The van der Waals surface area contributed by atoms with Gasteiger partial charge in [0.25, 0.3) is 0 Å². The molecule has 12 heavy (non-hydrogen) atoms. The molecule has 0 rings (SSSR count). The molecule has 0 unspecified atom stereocenters. The minimum Gasteiger partial charge on any atom is -0.317 e. The lowest BCUT2D eigenvalue weighted by Crippen LogP contribution is -2.13. The number of hydrogen-bond acceptors (Lipinski definition) is 1. The summed E-state index contributed by atoms with van der Waals surface area (Å²) in [7, 11) is 0. The molecule has 1 nitrogen and oxygen atoms in total. The molecule has 0 heterocycles. The van der Waals surface area contributed by atoms with Crippen molar-refractivity contribution in [1.82, 2.24) is 5.32 Å². The molecule has 0 bridgehead atoms. The van der Waals surface area contributed by atoms with E-state index in [0.29, 0.717) is 0 Å². The maximum Gasteiger partial charge on any atom is 0 e. The van der Waals surface area contributed by atoms with Crippen molar-refractivity contribution < 1.29 is 1.43 Å². The van der Waals surface area contributed by atoms with E-state index in [1.807, 2.05) is 27.7 Å². The van der Waals surface area contributed by atoms with E-state index in [0.717, 1.165) is 6.54 Å². The Kier molecular flexibility index (Phi) is 45.6. The van der Waals surface area contributed by atoms with Gasteiger partial charge in [-0.2, -0.15) is 0 Å². The second-order valence-corrected chi connectivity index (χ2v) is 2.06. The zero-order chi connectivity index (χ0) is 10.2. The van der Waals surface area contributed by atoms with Crippen LogP contribution < -0.4 is 5.32 Å². The molecule has 0 aromatic carbocycles. The summed E-state index contributed by atoms with van der Waals surface area (Å²) in [6.45, 7) is 14.7. The quantitative estimate of drug-likeness (QED) is 0.624. The van der Waals surface area contributed by atoms with Gasteiger partial charge in [-0.05, 0) is 19.5 Å². The second-order valence-electron chi connectivity index (χ2n) is 2.06. The highest BCUT2D eigenvalue weighted by Gasteiger charge is 1.81. The zero-order valence-corrected chi connectivity index (χ0v) is 10.0. The van der Waals surface area contributed by atoms with Crippen LogP contribution in [0.15, 0.2) is 0 Å². The smallest absolute Gasteiger partial charge is 0 e. The Hall–Kier alpha value is -0.0400. The molecule has 0 fully saturated rings. The van der Waals surface area contributed by atoms with E-state index in [9.17, 15) is 0 Å². The van der Waals surface area contributed by atoms with Gasteiger partial charge in [0.2, 0.25) is 0 Å². The first kappa shape index (κ1) is 17.9. The van der Waals surface area contributed by atoms with Crippen molar-refractivity contribution in [2.45, 2.75) is 60.8 Å². The van der Waals surface area contributed by atoms with E-state index in [1.165, 1.54) is 25.8 Å². The van der Waals surface area contributed by atoms with Crippen LogP contribution in [0.2, 0.25) is 0 Å². The predicted molar refractivity (Wildman–Crippen MR) is 62.9 cm³/mol. The molecule has 80 valence electrons. The first-order chi connectivity index (χ1) is 5.91. The summed E-state index contributed by atoms with van der Waals surface area (Å²) in [6, 6.07) is 0. The molecule has 0 aliphatic heterocycles. The van der Waals surface area contributed by atoms with Crippen LogP contribution in [-0.4, -0.2) is 13.1 Å². The molecular formula is C11H31N. The van der Waals surface area contributed by atoms with E-state index in [2.05, 4.69) is 19.2 Å². The highest BCUT2D eigenvalue weighted by Crippen LogP contribution is 1.89. The summed E-state index contributed by atoms with van der Waals surface area (Å²) >= 11 is 0. The van der Waals surface area contributed by atoms with Crippen molar-refractivity contribution in [3.05, 3.63) is 0 Å². The van der Waals surface area contributed by atoms with Crippen LogP contribution in [0.3, 0.4) is 0 Å². The molecule has 0 aliphatic rings. The van der Waals surface area contributed by atoms with E-state index >= 15 is 0 Å². The molecule has 0 saturated carbocycles. The first-order valence-corrected chi connectivity index (χ1v) is 5.62. The maximum absolute atomic E-state index is 3.28. The SMILES string of the molecule is CC.CC.CCCCCNCC.[HH]. The molecule has 0 aliphatic carbocycles. The van der Waals surface area contributed by atoms with Crippen molar-refractivity contribution >= 4 is 0 Å². The third-order valence-electron chi connectivity index (χ3n) is 1.21. The van der Waals surface area contributed by atoms with Gasteiger partial charge in [0.15, 0.2) is 0 Å². The largest absolute Gasteiger partial charge is 0.317 e. The highest BCUT2D eigenvalue weighted by atomic mass is 14.8. The Morgan fingerprint density at radius 2 is 1.42 bits per heavy atom. The lowest BCUT2D eigenvalue weighted by atomic mass is 10.2. The van der Waals surface area contributed by atoms with Crippen LogP contribution in [-0.2, 0) is 0 Å². The van der Waals surface area contributed by atoms with Crippen molar-refractivity contribution in [3.63, 3.8) is 0 Å². The van der Waals surface area contributed by atoms with Gasteiger partial charge in [-0.3, -0.25) is 0 Å². The van der Waals surface area contributed by atoms with E-state index in [1.54, 1.807) is 0 Å². The molecule has 0 aromatic heterocycles. The van der Waals surface area contributed by atoms with Gasteiger partial charge >= 0.3 is 0 Å². The monoisotopic (exact) mass is 177 g/mol. The predicted octanol–water partition coefficient (Wildman–Crippen LogP) is 4.08. The Labute approximate surface area is 81.4 Å². The molecule has 1 heteroatoms. The van der Waals surface area contributed by atoms with Gasteiger partial charge in [-0.1, -0.05) is 54.4 Å². The minimum absolute atomic E-state index is 0. The summed E-state index contributed by atoms with van der Waals surface area (Å²) in [5.74, 6) is 0. The Bertz CT molecular complexity index is 35.1. The van der Waals surface area contributed by atoms with Crippen molar-refractivity contribution in [2.24, 2.45) is 0 Å². The summed E-state index contributed by atoms with van der Waals surface area (Å²) in [5, 5.41) is 3.28. The molecule has 0 spiro atoms. The maximum atomic E-state index is 3.28. The first-order valence-electron chi connectivity index (χ1n) is 5.62. The molecule has 0 radical (unpaired) electrons. The van der Waals surface area contributed by atoms with Crippen molar-refractivity contribution in [2.75, 3.05) is 13.1 Å². The molecule has 1 N–H and O–H groups in total. The summed E-state index contributed by atoms with van der Waals surface area (Å²) in [6.07, 6.45) is 4.03. The number of unbranched alkanes of at least 4 members (excludes halogenated alkanes) is 2. The molecule has 0 atom stereocenters. The lowest BCUT2D eigenvalue weighted by Gasteiger charge is -1.97. The van der Waals surface area contributed by atoms with Gasteiger partial charge in [-0.15, -0.1) is 0 Å². The van der Waals surface area contributed by atoms with Gasteiger partial charge in [-0.25, -0.2) is 0 Å². The van der Waals surface area contributed by atoms with Gasteiger partial charge < -0.3 is 5.32 Å². The van der Waals surface area contributed by atoms with Crippen molar-refractivity contribution in [1.29, 1.82) is 0 Å². The Morgan fingerprint density at radius 1 is 0.917 bits per heavy atom. The second kappa shape index (κ2) is 30.6. The topological polar surface area (TPSA) is 12.0 Å².